The van der Waals surface area contributed by atoms with Crippen molar-refractivity contribution in [3.05, 3.63) is 114 Å². The summed E-state index contributed by atoms with van der Waals surface area (Å²) in [5, 5.41) is 15.8. The maximum atomic E-state index is 9.53. The summed E-state index contributed by atoms with van der Waals surface area (Å²) in [5.41, 5.74) is 3.66. The summed E-state index contributed by atoms with van der Waals surface area (Å²) in [6.45, 7) is 0.207. The molecule has 2 heteroatoms. The number of anilines is 1. The molecule has 4 aromatic carbocycles. The third-order valence-electron chi connectivity index (χ3n) is 5.53. The Bertz CT molecular complexity index is 1030. The molecule has 29 heavy (non-hydrogen) atoms. The number of fused-ring (bicyclic) bond motifs is 1. The van der Waals surface area contributed by atoms with E-state index in [0.29, 0.717) is 0 Å². The molecular formula is C27H27NO. The van der Waals surface area contributed by atoms with Crippen LogP contribution in [0.1, 0.15) is 35.9 Å². The van der Waals surface area contributed by atoms with E-state index in [1.807, 2.05) is 6.07 Å². The van der Waals surface area contributed by atoms with Crippen LogP contribution in [0, 0.1) is 0 Å². The van der Waals surface area contributed by atoms with Crippen LogP contribution in [0.5, 0.6) is 0 Å². The van der Waals surface area contributed by atoms with E-state index in [9.17, 15) is 5.11 Å². The zero-order valence-corrected chi connectivity index (χ0v) is 16.5. The number of nitrogens with one attached hydrogen (secondary N) is 1. The summed E-state index contributed by atoms with van der Waals surface area (Å²) in [5.74, 6) is 0.254. The van der Waals surface area contributed by atoms with E-state index in [2.05, 4.69) is 102 Å². The quantitative estimate of drug-likeness (QED) is 0.363. The number of hydrogen-bond donors (Lipinski definition) is 2. The Labute approximate surface area is 172 Å². The third-order valence-corrected chi connectivity index (χ3v) is 5.53. The van der Waals surface area contributed by atoms with Gasteiger partial charge in [-0.2, -0.15) is 0 Å². The van der Waals surface area contributed by atoms with Crippen LogP contribution < -0.4 is 5.32 Å². The van der Waals surface area contributed by atoms with Crippen LogP contribution >= 0.6 is 0 Å². The lowest BCUT2D eigenvalue weighted by atomic mass is 9.83. The second kappa shape index (κ2) is 9.40. The Morgan fingerprint density at radius 1 is 0.655 bits per heavy atom. The maximum absolute atomic E-state index is 9.53. The average Bonchev–Trinajstić information content (AvgIpc) is 2.79. The van der Waals surface area contributed by atoms with Gasteiger partial charge in [-0.25, -0.2) is 0 Å². The second-order valence-electron chi connectivity index (χ2n) is 7.48. The highest BCUT2D eigenvalue weighted by Crippen LogP contribution is 2.38. The van der Waals surface area contributed by atoms with E-state index < -0.39 is 0 Å². The monoisotopic (exact) mass is 381 g/mol. The Balaban J connectivity index is 1.78. The summed E-state index contributed by atoms with van der Waals surface area (Å²) >= 11 is 0. The Morgan fingerprint density at radius 3 is 2.03 bits per heavy atom. The minimum atomic E-state index is 0.107. The highest BCUT2D eigenvalue weighted by atomic mass is 16.2. The van der Waals surface area contributed by atoms with Gasteiger partial charge in [-0.3, -0.25) is 0 Å². The fourth-order valence-electron chi connectivity index (χ4n) is 4.07. The van der Waals surface area contributed by atoms with Crippen LogP contribution in [0.4, 0.5) is 5.69 Å². The molecule has 0 amide bonds. The molecule has 4 rings (SSSR count). The molecule has 0 saturated heterocycles. The third kappa shape index (κ3) is 4.67. The van der Waals surface area contributed by atoms with Crippen molar-refractivity contribution in [1.29, 1.82) is 0 Å². The molecule has 0 fully saturated rings. The molecule has 0 aromatic heterocycles. The Morgan fingerprint density at radius 2 is 1.31 bits per heavy atom. The van der Waals surface area contributed by atoms with Crippen LogP contribution in [-0.4, -0.2) is 11.7 Å². The SMILES string of the molecule is OCCCC(c1ccccc1)C(Nc1ccccc1)c1ccc2ccccc2c1. The number of benzene rings is 4. The van der Waals surface area contributed by atoms with E-state index >= 15 is 0 Å². The van der Waals surface area contributed by atoms with Crippen molar-refractivity contribution in [2.75, 3.05) is 11.9 Å². The lowest BCUT2D eigenvalue weighted by Gasteiger charge is -2.30. The van der Waals surface area contributed by atoms with Gasteiger partial charge in [0.25, 0.3) is 0 Å². The van der Waals surface area contributed by atoms with E-state index in [1.165, 1.54) is 21.9 Å². The number of rotatable bonds is 8. The normalized spacial score (nSPS) is 13.1. The average molecular weight is 382 g/mol. The number of para-hydroxylation sites is 1. The van der Waals surface area contributed by atoms with E-state index in [-0.39, 0.29) is 18.6 Å². The first-order chi connectivity index (χ1) is 14.3. The summed E-state index contributed by atoms with van der Waals surface area (Å²) in [6.07, 6.45) is 1.69. The van der Waals surface area contributed by atoms with Gasteiger partial charge in [0.2, 0.25) is 0 Å². The molecular weight excluding hydrogens is 354 g/mol. The maximum Gasteiger partial charge on any atom is 0.0582 e. The standard InChI is InChI=1S/C27H27NO/c29-19-9-16-26(22-11-3-1-4-12-22)27(28-25-14-5-2-6-15-25)24-18-17-21-10-7-8-13-23(21)20-24/h1-8,10-15,17-18,20,26-29H,9,16,19H2. The van der Waals surface area contributed by atoms with E-state index in [1.54, 1.807) is 0 Å². The molecule has 0 aliphatic heterocycles. The topological polar surface area (TPSA) is 32.3 Å². The summed E-state index contributed by atoms with van der Waals surface area (Å²) in [6, 6.07) is 36.4. The first kappa shape index (κ1) is 19.2. The predicted octanol–water partition coefficient (Wildman–Crippen LogP) is 6.55. The first-order valence-corrected chi connectivity index (χ1v) is 10.3. The molecule has 0 heterocycles. The van der Waals surface area contributed by atoms with E-state index in [4.69, 9.17) is 0 Å². The summed E-state index contributed by atoms with van der Waals surface area (Å²) in [4.78, 5) is 0. The predicted molar refractivity (Wildman–Crippen MR) is 122 cm³/mol. The largest absolute Gasteiger partial charge is 0.396 e. The second-order valence-corrected chi connectivity index (χ2v) is 7.48. The molecule has 0 aliphatic rings. The lowest BCUT2D eigenvalue weighted by Crippen LogP contribution is -2.20. The van der Waals surface area contributed by atoms with Crippen molar-refractivity contribution < 1.29 is 5.11 Å². The van der Waals surface area contributed by atoms with Gasteiger partial charge in [-0.15, -0.1) is 0 Å². The van der Waals surface area contributed by atoms with Crippen molar-refractivity contribution in [2.24, 2.45) is 0 Å². The zero-order chi connectivity index (χ0) is 19.9. The molecule has 2 nitrogen and oxygen atoms in total. The van der Waals surface area contributed by atoms with Gasteiger partial charge in [-0.05, 0) is 52.9 Å². The van der Waals surface area contributed by atoms with Gasteiger partial charge in [0, 0.05) is 18.2 Å². The summed E-state index contributed by atoms with van der Waals surface area (Å²) < 4.78 is 0. The molecule has 0 radical (unpaired) electrons. The van der Waals surface area contributed by atoms with Crippen molar-refractivity contribution in [3.8, 4) is 0 Å². The minimum Gasteiger partial charge on any atom is -0.396 e. The van der Waals surface area contributed by atoms with Crippen LogP contribution in [0.15, 0.2) is 103 Å². The highest BCUT2D eigenvalue weighted by Gasteiger charge is 2.25. The van der Waals surface area contributed by atoms with E-state index in [0.717, 1.165) is 18.5 Å². The fourth-order valence-corrected chi connectivity index (χ4v) is 4.07. The van der Waals surface area contributed by atoms with Gasteiger partial charge in [0.1, 0.15) is 0 Å². The van der Waals surface area contributed by atoms with Crippen molar-refractivity contribution in [3.63, 3.8) is 0 Å². The molecule has 0 bridgehead atoms. The van der Waals surface area contributed by atoms with Gasteiger partial charge in [-0.1, -0.05) is 84.9 Å². The van der Waals surface area contributed by atoms with Crippen LogP contribution in [0.2, 0.25) is 0 Å². The molecule has 0 aliphatic carbocycles. The van der Waals surface area contributed by atoms with Crippen LogP contribution in [-0.2, 0) is 0 Å². The molecule has 0 saturated carbocycles. The smallest absolute Gasteiger partial charge is 0.0582 e. The highest BCUT2D eigenvalue weighted by molar-refractivity contribution is 5.83. The molecule has 2 unspecified atom stereocenters. The summed E-state index contributed by atoms with van der Waals surface area (Å²) in [7, 11) is 0. The lowest BCUT2D eigenvalue weighted by molar-refractivity contribution is 0.277. The van der Waals surface area contributed by atoms with Gasteiger partial charge >= 0.3 is 0 Å². The number of hydrogen-bond acceptors (Lipinski definition) is 2. The van der Waals surface area contributed by atoms with Crippen molar-refractivity contribution in [1.82, 2.24) is 0 Å². The molecule has 2 atom stereocenters. The molecule has 4 aromatic rings. The van der Waals surface area contributed by atoms with Crippen LogP contribution in [0.25, 0.3) is 10.8 Å². The molecule has 2 N–H and O–H groups in total. The fraction of sp³-hybridized carbons (Fsp3) is 0.185. The number of aliphatic hydroxyl groups excluding tert-OH is 1. The van der Waals surface area contributed by atoms with Gasteiger partial charge < -0.3 is 10.4 Å². The first-order valence-electron chi connectivity index (χ1n) is 10.3. The molecule has 0 spiro atoms. The zero-order valence-electron chi connectivity index (χ0n) is 16.5. The van der Waals surface area contributed by atoms with Gasteiger partial charge in [0.15, 0.2) is 0 Å². The number of aliphatic hydroxyl groups is 1. The van der Waals surface area contributed by atoms with Crippen molar-refractivity contribution in [2.45, 2.75) is 24.8 Å². The molecule has 146 valence electrons. The van der Waals surface area contributed by atoms with Crippen LogP contribution in [0.3, 0.4) is 0 Å². The Hall–Kier alpha value is -3.10. The Kier molecular flexibility index (Phi) is 6.23. The minimum absolute atomic E-state index is 0.107. The van der Waals surface area contributed by atoms with Crippen molar-refractivity contribution >= 4 is 16.5 Å². The van der Waals surface area contributed by atoms with Gasteiger partial charge in [0.05, 0.1) is 6.04 Å².